The summed E-state index contributed by atoms with van der Waals surface area (Å²) < 4.78 is 50.9. The first-order chi connectivity index (χ1) is 22.4. The molecule has 0 aliphatic heterocycles. The SMILES string of the molecule is CC(C)(C)[Si](C)(C)O[C@@H](CS[C@H]1C(=O)[C@@H](c2ccc(C#CCNS(C)(=O)=O)cc2)[C@@H]1c1ccc(OCC(=O)O)cc1)c1ccc(F)cc1. The largest absolute Gasteiger partial charge is 0.482 e. The molecule has 48 heavy (non-hydrogen) atoms. The van der Waals surface area contributed by atoms with Gasteiger partial charge in [-0.3, -0.25) is 4.79 Å². The Kier molecular flexibility index (Phi) is 12.0. The lowest BCUT2D eigenvalue weighted by molar-refractivity contribution is -0.139. The first kappa shape index (κ1) is 37.3. The van der Waals surface area contributed by atoms with Crippen LogP contribution >= 0.6 is 11.8 Å². The summed E-state index contributed by atoms with van der Waals surface area (Å²) in [6.07, 6.45) is 0.730. The number of Topliss-reactive ketones (excluding diaryl/α,β-unsaturated/α-hetero) is 1. The molecular formula is C36H42FNO7S2Si. The fourth-order valence-corrected chi connectivity index (χ4v) is 8.34. The summed E-state index contributed by atoms with van der Waals surface area (Å²) >= 11 is 1.53. The molecule has 0 heterocycles. The van der Waals surface area contributed by atoms with Crippen molar-refractivity contribution in [2.75, 3.05) is 25.2 Å². The van der Waals surface area contributed by atoms with Gasteiger partial charge in [-0.2, -0.15) is 0 Å². The minimum absolute atomic E-state index is 0.00704. The number of ketones is 1. The fourth-order valence-electron chi connectivity index (χ4n) is 5.13. The van der Waals surface area contributed by atoms with Crippen LogP contribution < -0.4 is 9.46 Å². The minimum atomic E-state index is -3.34. The first-order valence-corrected chi connectivity index (χ1v) is 21.4. The number of thioether (sulfide) groups is 1. The third-order valence-corrected chi connectivity index (χ3v) is 15.3. The smallest absolute Gasteiger partial charge is 0.341 e. The maximum absolute atomic E-state index is 13.9. The average molecular weight is 712 g/mol. The van der Waals surface area contributed by atoms with E-state index in [1.165, 1.54) is 23.9 Å². The van der Waals surface area contributed by atoms with Crippen molar-refractivity contribution in [3.05, 3.63) is 101 Å². The Hall–Kier alpha value is -3.47. The van der Waals surface area contributed by atoms with Crippen molar-refractivity contribution in [1.82, 2.24) is 4.72 Å². The van der Waals surface area contributed by atoms with E-state index in [-0.39, 0.29) is 40.5 Å². The fraction of sp³-hybridized carbons (Fsp3) is 0.389. The van der Waals surface area contributed by atoms with E-state index in [2.05, 4.69) is 50.4 Å². The molecule has 0 aromatic heterocycles. The van der Waals surface area contributed by atoms with Crippen LogP contribution in [0.3, 0.4) is 0 Å². The number of benzene rings is 3. The molecule has 0 amide bonds. The normalized spacial score (nSPS) is 18.7. The van der Waals surface area contributed by atoms with Crippen molar-refractivity contribution in [2.45, 2.75) is 62.1 Å². The van der Waals surface area contributed by atoms with Gasteiger partial charge in [-0.05, 0) is 71.2 Å². The van der Waals surface area contributed by atoms with Gasteiger partial charge in [-0.1, -0.05) is 69.0 Å². The third kappa shape index (κ3) is 9.80. The van der Waals surface area contributed by atoms with Gasteiger partial charge in [0.05, 0.1) is 30.1 Å². The van der Waals surface area contributed by atoms with Gasteiger partial charge in [0.2, 0.25) is 10.0 Å². The molecule has 3 aromatic rings. The number of aliphatic carboxylic acids is 1. The number of sulfonamides is 1. The molecule has 4 atom stereocenters. The maximum Gasteiger partial charge on any atom is 0.341 e. The first-order valence-electron chi connectivity index (χ1n) is 15.5. The molecule has 1 saturated carbocycles. The molecule has 3 aromatic carbocycles. The van der Waals surface area contributed by atoms with Crippen LogP contribution in [0.25, 0.3) is 0 Å². The van der Waals surface area contributed by atoms with Gasteiger partial charge in [0.25, 0.3) is 0 Å². The van der Waals surface area contributed by atoms with E-state index in [4.69, 9.17) is 14.3 Å². The van der Waals surface area contributed by atoms with Gasteiger partial charge in [0, 0.05) is 17.2 Å². The lowest BCUT2D eigenvalue weighted by atomic mass is 9.65. The van der Waals surface area contributed by atoms with Gasteiger partial charge in [-0.25, -0.2) is 22.3 Å². The number of hydrogen-bond acceptors (Lipinski definition) is 7. The zero-order chi connectivity index (χ0) is 35.3. The Labute approximate surface area is 288 Å². The van der Waals surface area contributed by atoms with Crippen LogP contribution in [0.1, 0.15) is 61.0 Å². The Morgan fingerprint density at radius 3 is 2.19 bits per heavy atom. The van der Waals surface area contributed by atoms with Gasteiger partial charge in [0.15, 0.2) is 20.7 Å². The molecule has 8 nitrogen and oxygen atoms in total. The Morgan fingerprint density at radius 1 is 1.02 bits per heavy atom. The Balaban J connectivity index is 1.60. The lowest BCUT2D eigenvalue weighted by Crippen LogP contribution is -2.47. The number of ether oxygens (including phenoxy) is 1. The molecule has 0 spiro atoms. The minimum Gasteiger partial charge on any atom is -0.482 e. The van der Waals surface area contributed by atoms with Gasteiger partial charge in [-0.15, -0.1) is 11.8 Å². The van der Waals surface area contributed by atoms with Crippen LogP contribution in [0.5, 0.6) is 5.75 Å². The molecular weight excluding hydrogens is 670 g/mol. The number of carboxylic acid groups (broad SMARTS) is 1. The summed E-state index contributed by atoms with van der Waals surface area (Å²) in [5.41, 5.74) is 3.30. The Bertz CT molecular complexity index is 1760. The molecule has 0 saturated heterocycles. The zero-order valence-corrected chi connectivity index (χ0v) is 30.6. The second-order valence-corrected chi connectivity index (χ2v) is 21.1. The highest BCUT2D eigenvalue weighted by Gasteiger charge is 2.51. The monoisotopic (exact) mass is 711 g/mol. The van der Waals surface area contributed by atoms with E-state index < -0.39 is 36.8 Å². The summed E-state index contributed by atoms with van der Waals surface area (Å²) in [5.74, 6) is 4.70. The molecule has 0 radical (unpaired) electrons. The van der Waals surface area contributed by atoms with Crippen LogP contribution in [-0.2, 0) is 24.0 Å². The second-order valence-electron chi connectivity index (χ2n) is 13.3. The lowest BCUT2D eigenvalue weighted by Gasteiger charge is -2.44. The summed E-state index contributed by atoms with van der Waals surface area (Å²) in [5, 5.41) is 8.55. The third-order valence-electron chi connectivity index (χ3n) is 8.74. The summed E-state index contributed by atoms with van der Waals surface area (Å²) in [6, 6.07) is 20.9. The number of carbonyl (C=O) groups excluding carboxylic acids is 1. The standard InChI is InChI=1S/C36H42FNO7S2Si/c1-36(2,3)48(5,6)45-30(25-13-17-28(37)18-14-25)23-46-35-33(27-15-19-29(20-16-27)44-22-31(39)40)32(34(35)41)26-11-9-24(10-12-26)8-7-21-38-47(4,42)43/h9-20,30,32-33,35,38H,21-23H2,1-6H3,(H,39,40)/t30-,32-,33-,35+/m0/s1. The number of nitrogens with one attached hydrogen (secondary N) is 1. The molecule has 2 N–H and O–H groups in total. The topological polar surface area (TPSA) is 119 Å². The van der Waals surface area contributed by atoms with Crippen molar-refractivity contribution in [1.29, 1.82) is 0 Å². The Morgan fingerprint density at radius 2 is 1.62 bits per heavy atom. The van der Waals surface area contributed by atoms with E-state index in [1.54, 1.807) is 24.3 Å². The quantitative estimate of drug-likeness (QED) is 0.152. The number of halogens is 1. The second kappa shape index (κ2) is 15.4. The van der Waals surface area contributed by atoms with E-state index in [0.717, 1.165) is 22.9 Å². The highest BCUT2D eigenvalue weighted by atomic mass is 32.2. The van der Waals surface area contributed by atoms with E-state index >= 15 is 0 Å². The average Bonchev–Trinajstić information content (AvgIpc) is 3.00. The van der Waals surface area contributed by atoms with Crippen LogP contribution in [0.4, 0.5) is 4.39 Å². The molecule has 1 aliphatic rings. The van der Waals surface area contributed by atoms with Crippen molar-refractivity contribution >= 4 is 41.9 Å². The molecule has 256 valence electrons. The molecule has 12 heteroatoms. The molecule has 1 aliphatic carbocycles. The van der Waals surface area contributed by atoms with Crippen molar-refractivity contribution < 1.29 is 36.7 Å². The van der Waals surface area contributed by atoms with Crippen LogP contribution in [-0.4, -0.2) is 64.0 Å². The molecule has 1 fully saturated rings. The number of hydrogen-bond donors (Lipinski definition) is 2. The number of carboxylic acids is 1. The zero-order valence-electron chi connectivity index (χ0n) is 28.0. The molecule has 0 bridgehead atoms. The number of rotatable bonds is 13. The van der Waals surface area contributed by atoms with Crippen molar-refractivity contribution in [2.24, 2.45) is 0 Å². The van der Waals surface area contributed by atoms with Crippen LogP contribution in [0, 0.1) is 17.7 Å². The van der Waals surface area contributed by atoms with E-state index in [0.29, 0.717) is 17.1 Å². The molecule has 0 unspecified atom stereocenters. The van der Waals surface area contributed by atoms with Gasteiger partial charge >= 0.3 is 5.97 Å². The molecule has 4 rings (SSSR count). The van der Waals surface area contributed by atoms with E-state index in [9.17, 15) is 22.4 Å². The predicted molar refractivity (Wildman–Crippen MR) is 190 cm³/mol. The van der Waals surface area contributed by atoms with Crippen molar-refractivity contribution in [3.63, 3.8) is 0 Å². The van der Waals surface area contributed by atoms with Crippen molar-refractivity contribution in [3.8, 4) is 17.6 Å². The number of carbonyl (C=O) groups is 2. The summed E-state index contributed by atoms with van der Waals surface area (Å²) in [6.45, 7) is 10.4. The highest BCUT2D eigenvalue weighted by molar-refractivity contribution is 8.00. The van der Waals surface area contributed by atoms with Gasteiger partial charge < -0.3 is 14.3 Å². The predicted octanol–water partition coefficient (Wildman–Crippen LogP) is 6.50. The summed E-state index contributed by atoms with van der Waals surface area (Å²) in [4.78, 5) is 24.9. The van der Waals surface area contributed by atoms with Gasteiger partial charge in [0.1, 0.15) is 11.6 Å². The maximum atomic E-state index is 13.9. The van der Waals surface area contributed by atoms with Crippen LogP contribution in [0.15, 0.2) is 72.8 Å². The summed E-state index contributed by atoms with van der Waals surface area (Å²) in [7, 11) is -5.57. The van der Waals surface area contributed by atoms with E-state index in [1.807, 2.05) is 36.4 Å². The van der Waals surface area contributed by atoms with Crippen LogP contribution in [0.2, 0.25) is 18.1 Å². The highest BCUT2D eigenvalue weighted by Crippen LogP contribution is 2.53.